The monoisotopic (exact) mass is 219 g/mol. The van der Waals surface area contributed by atoms with Crippen molar-refractivity contribution in [3.05, 3.63) is 35.2 Å². The number of hydrogen-bond acceptors (Lipinski definition) is 3. The Morgan fingerprint density at radius 2 is 2.20 bits per heavy atom. The van der Waals surface area contributed by atoms with Crippen LogP contribution < -0.4 is 5.32 Å². The number of Topliss-reactive ketones (excluding diaryl/α,β-unsaturated/α-hetero) is 1. The van der Waals surface area contributed by atoms with E-state index in [4.69, 9.17) is 0 Å². The van der Waals surface area contributed by atoms with Gasteiger partial charge < -0.3 is 5.32 Å². The van der Waals surface area contributed by atoms with Gasteiger partial charge in [-0.2, -0.15) is 0 Å². The van der Waals surface area contributed by atoms with Gasteiger partial charge in [0, 0.05) is 10.3 Å². The second kappa shape index (κ2) is 4.13. The first kappa shape index (κ1) is 10.3. The molecule has 1 N–H and O–H groups in total. The van der Waals surface area contributed by atoms with E-state index in [9.17, 15) is 4.79 Å². The number of fused-ring (bicyclic) bond motifs is 1. The Bertz CT molecular complexity index is 489. The predicted octanol–water partition coefficient (Wildman–Crippen LogP) is 2.69. The van der Waals surface area contributed by atoms with Gasteiger partial charge in [-0.15, -0.1) is 11.3 Å². The first-order chi connectivity index (χ1) is 7.22. The van der Waals surface area contributed by atoms with Crippen molar-refractivity contribution in [1.82, 2.24) is 5.32 Å². The van der Waals surface area contributed by atoms with E-state index in [2.05, 4.69) is 5.32 Å². The van der Waals surface area contributed by atoms with Crippen molar-refractivity contribution >= 4 is 27.2 Å². The zero-order valence-corrected chi connectivity index (χ0v) is 9.60. The van der Waals surface area contributed by atoms with Gasteiger partial charge in [-0.1, -0.05) is 0 Å². The number of rotatable bonds is 3. The molecular weight excluding hydrogens is 206 g/mol. The van der Waals surface area contributed by atoms with Crippen molar-refractivity contribution in [3.63, 3.8) is 0 Å². The molecule has 0 fully saturated rings. The van der Waals surface area contributed by atoms with Crippen LogP contribution in [-0.4, -0.2) is 18.9 Å². The number of carbonyl (C=O) groups excluding carboxylic acids is 1. The zero-order chi connectivity index (χ0) is 10.8. The lowest BCUT2D eigenvalue weighted by atomic mass is 10.0. The molecule has 0 saturated carbocycles. The normalized spacial score (nSPS) is 12.9. The minimum Gasteiger partial charge on any atom is -0.310 e. The lowest BCUT2D eigenvalue weighted by Gasteiger charge is -2.08. The van der Waals surface area contributed by atoms with Gasteiger partial charge in [-0.05, 0) is 49.0 Å². The summed E-state index contributed by atoms with van der Waals surface area (Å²) in [5, 5.41) is 6.15. The van der Waals surface area contributed by atoms with Crippen molar-refractivity contribution in [2.45, 2.75) is 13.0 Å². The van der Waals surface area contributed by atoms with Crippen LogP contribution >= 0.6 is 11.3 Å². The highest BCUT2D eigenvalue weighted by Gasteiger charge is 2.13. The summed E-state index contributed by atoms with van der Waals surface area (Å²) >= 11 is 1.69. The minimum atomic E-state index is -0.124. The average Bonchev–Trinajstić information content (AvgIpc) is 2.73. The fourth-order valence-corrected chi connectivity index (χ4v) is 2.27. The molecule has 2 nitrogen and oxygen atoms in total. The first-order valence-electron chi connectivity index (χ1n) is 4.91. The van der Waals surface area contributed by atoms with Crippen molar-refractivity contribution in [1.29, 1.82) is 0 Å². The minimum absolute atomic E-state index is 0.124. The van der Waals surface area contributed by atoms with Gasteiger partial charge in [0.05, 0.1) is 6.04 Å². The smallest absolute Gasteiger partial charge is 0.179 e. The summed E-state index contributed by atoms with van der Waals surface area (Å²) in [5.41, 5.74) is 0.780. The third-order valence-electron chi connectivity index (χ3n) is 2.56. The fourth-order valence-electron chi connectivity index (χ4n) is 1.50. The summed E-state index contributed by atoms with van der Waals surface area (Å²) in [7, 11) is 1.80. The molecule has 0 aliphatic heterocycles. The van der Waals surface area contributed by atoms with E-state index < -0.39 is 0 Å². The maximum absolute atomic E-state index is 11.9. The quantitative estimate of drug-likeness (QED) is 0.804. The van der Waals surface area contributed by atoms with Crippen LogP contribution in [0.1, 0.15) is 17.3 Å². The van der Waals surface area contributed by atoms with Gasteiger partial charge in [0.25, 0.3) is 0 Å². The molecule has 2 aromatic rings. The summed E-state index contributed by atoms with van der Waals surface area (Å²) in [6.07, 6.45) is 0. The molecule has 0 saturated heterocycles. The maximum atomic E-state index is 11.9. The van der Waals surface area contributed by atoms with Crippen LogP contribution in [0.15, 0.2) is 29.6 Å². The number of carbonyl (C=O) groups is 1. The lowest BCUT2D eigenvalue weighted by Crippen LogP contribution is -2.30. The molecule has 0 aliphatic carbocycles. The Labute approximate surface area is 92.9 Å². The van der Waals surface area contributed by atoms with Crippen LogP contribution in [0.4, 0.5) is 0 Å². The predicted molar refractivity (Wildman–Crippen MR) is 64.7 cm³/mol. The van der Waals surface area contributed by atoms with Crippen LogP contribution in [-0.2, 0) is 0 Å². The average molecular weight is 219 g/mol. The van der Waals surface area contributed by atoms with Crippen LogP contribution in [0.25, 0.3) is 10.1 Å². The molecule has 1 unspecified atom stereocenters. The third-order valence-corrected chi connectivity index (χ3v) is 3.46. The van der Waals surface area contributed by atoms with E-state index in [0.717, 1.165) is 10.9 Å². The molecule has 2 rings (SSSR count). The third kappa shape index (κ3) is 1.94. The first-order valence-corrected chi connectivity index (χ1v) is 5.79. The molecule has 1 aromatic heterocycles. The number of hydrogen-bond donors (Lipinski definition) is 1. The molecule has 0 amide bonds. The Balaban J connectivity index is 2.39. The SMILES string of the molecule is CNC(C)C(=O)c1ccc2sccc2c1. The van der Waals surface area contributed by atoms with Gasteiger partial charge in [-0.3, -0.25) is 4.79 Å². The standard InChI is InChI=1S/C12H13NOS/c1-8(13-2)12(14)10-3-4-11-9(7-10)5-6-15-11/h3-8,13H,1-2H3. The summed E-state index contributed by atoms with van der Waals surface area (Å²) in [4.78, 5) is 11.9. The van der Waals surface area contributed by atoms with Crippen molar-refractivity contribution < 1.29 is 4.79 Å². The molecule has 15 heavy (non-hydrogen) atoms. The molecule has 78 valence electrons. The summed E-state index contributed by atoms with van der Waals surface area (Å²) in [6.45, 7) is 1.88. The highest BCUT2D eigenvalue weighted by molar-refractivity contribution is 7.17. The zero-order valence-electron chi connectivity index (χ0n) is 8.78. The van der Waals surface area contributed by atoms with Crippen LogP contribution in [0.5, 0.6) is 0 Å². The Kier molecular flexibility index (Phi) is 2.84. The molecule has 3 heteroatoms. The van der Waals surface area contributed by atoms with Gasteiger partial charge in [0.15, 0.2) is 5.78 Å². The molecule has 1 aromatic carbocycles. The summed E-state index contributed by atoms with van der Waals surface area (Å²) < 4.78 is 1.23. The van der Waals surface area contributed by atoms with Crippen LogP contribution in [0.3, 0.4) is 0 Å². The topological polar surface area (TPSA) is 29.1 Å². The Hall–Kier alpha value is -1.19. The second-order valence-electron chi connectivity index (χ2n) is 3.55. The van der Waals surface area contributed by atoms with E-state index in [1.54, 1.807) is 18.4 Å². The molecule has 0 bridgehead atoms. The summed E-state index contributed by atoms with van der Waals surface area (Å²) in [5.74, 6) is 0.144. The Morgan fingerprint density at radius 3 is 2.93 bits per heavy atom. The van der Waals surface area contributed by atoms with Gasteiger partial charge in [0.1, 0.15) is 0 Å². The number of ketones is 1. The Morgan fingerprint density at radius 1 is 1.40 bits per heavy atom. The molecule has 0 radical (unpaired) electrons. The second-order valence-corrected chi connectivity index (χ2v) is 4.50. The number of thiophene rings is 1. The largest absolute Gasteiger partial charge is 0.310 e. The van der Waals surface area contributed by atoms with Crippen molar-refractivity contribution in [3.8, 4) is 0 Å². The van der Waals surface area contributed by atoms with Crippen LogP contribution in [0.2, 0.25) is 0 Å². The van der Waals surface area contributed by atoms with Crippen molar-refractivity contribution in [2.75, 3.05) is 7.05 Å². The van der Waals surface area contributed by atoms with Gasteiger partial charge in [-0.25, -0.2) is 0 Å². The number of benzene rings is 1. The number of nitrogens with one attached hydrogen (secondary N) is 1. The van der Waals surface area contributed by atoms with Gasteiger partial charge >= 0.3 is 0 Å². The van der Waals surface area contributed by atoms with E-state index >= 15 is 0 Å². The molecule has 0 spiro atoms. The van der Waals surface area contributed by atoms with Gasteiger partial charge in [0.2, 0.25) is 0 Å². The highest BCUT2D eigenvalue weighted by Crippen LogP contribution is 2.22. The van der Waals surface area contributed by atoms with E-state index in [1.165, 1.54) is 4.70 Å². The number of likely N-dealkylation sites (N-methyl/N-ethyl adjacent to an activating group) is 1. The molecular formula is C12H13NOS. The van der Waals surface area contributed by atoms with Crippen LogP contribution in [0, 0.1) is 0 Å². The lowest BCUT2D eigenvalue weighted by molar-refractivity contribution is 0.0955. The van der Waals surface area contributed by atoms with Crippen molar-refractivity contribution in [2.24, 2.45) is 0 Å². The van der Waals surface area contributed by atoms with E-state index in [-0.39, 0.29) is 11.8 Å². The molecule has 1 heterocycles. The fraction of sp³-hybridized carbons (Fsp3) is 0.250. The molecule has 1 atom stereocenters. The molecule has 0 aliphatic rings. The summed E-state index contributed by atoms with van der Waals surface area (Å²) in [6, 6.07) is 7.79. The van der Waals surface area contributed by atoms with E-state index in [1.807, 2.05) is 36.6 Å². The van der Waals surface area contributed by atoms with E-state index in [0.29, 0.717) is 0 Å². The maximum Gasteiger partial charge on any atom is 0.179 e. The highest BCUT2D eigenvalue weighted by atomic mass is 32.1.